The maximum atomic E-state index is 13.8. The van der Waals surface area contributed by atoms with Crippen LogP contribution >= 0.6 is 0 Å². The molecule has 29 heavy (non-hydrogen) atoms. The highest BCUT2D eigenvalue weighted by atomic mass is 19.1. The molecule has 154 valence electrons. The van der Waals surface area contributed by atoms with Crippen molar-refractivity contribution >= 4 is 11.4 Å². The summed E-state index contributed by atoms with van der Waals surface area (Å²) in [4.78, 5) is 7.20. The molecule has 1 aromatic carbocycles. The first-order valence-electron chi connectivity index (χ1n) is 9.64. The van der Waals surface area contributed by atoms with Crippen LogP contribution in [0, 0.1) is 11.2 Å². The molecule has 1 saturated heterocycles. The normalized spacial score (nSPS) is 29.0. The van der Waals surface area contributed by atoms with Gasteiger partial charge in [0, 0.05) is 36.9 Å². The van der Waals surface area contributed by atoms with Gasteiger partial charge in [0.15, 0.2) is 0 Å². The number of nitrogens with two attached hydrogens (primary N) is 1. The van der Waals surface area contributed by atoms with Gasteiger partial charge in [-0.3, -0.25) is 15.3 Å². The zero-order valence-electron chi connectivity index (χ0n) is 16.5. The average molecular weight is 400 g/mol. The number of methoxy groups -OCH3 is 1. The molecule has 0 saturated carbocycles. The second-order valence-corrected chi connectivity index (χ2v) is 7.42. The number of allylic oxidation sites excluding steroid dienone is 3. The fourth-order valence-electron chi connectivity index (χ4n) is 3.95. The lowest BCUT2D eigenvalue weighted by Crippen LogP contribution is -2.52. The van der Waals surface area contributed by atoms with Crippen molar-refractivity contribution in [2.24, 2.45) is 10.7 Å². The summed E-state index contributed by atoms with van der Waals surface area (Å²) in [7, 11) is 1.55. The summed E-state index contributed by atoms with van der Waals surface area (Å²) in [6, 6.07) is 4.11. The van der Waals surface area contributed by atoms with E-state index < -0.39 is 0 Å². The molecule has 8 heteroatoms. The Labute approximate surface area is 169 Å². The molecule has 0 radical (unpaired) electrons. The number of ether oxygens (including phenoxy) is 3. The summed E-state index contributed by atoms with van der Waals surface area (Å²) in [6.07, 6.45) is 3.42. The van der Waals surface area contributed by atoms with Crippen molar-refractivity contribution in [3.8, 4) is 5.75 Å². The Kier molecular flexibility index (Phi) is 5.38. The largest absolute Gasteiger partial charge is 0.497 e. The van der Waals surface area contributed by atoms with Crippen molar-refractivity contribution in [3.63, 3.8) is 0 Å². The summed E-state index contributed by atoms with van der Waals surface area (Å²) in [5, 5.41) is 8.35. The first-order chi connectivity index (χ1) is 14.0. The van der Waals surface area contributed by atoms with Crippen molar-refractivity contribution in [2.75, 3.05) is 33.4 Å². The number of nitrogens with one attached hydrogen (secondary N) is 1. The van der Waals surface area contributed by atoms with Crippen LogP contribution in [0.1, 0.15) is 18.5 Å². The van der Waals surface area contributed by atoms with Crippen LogP contribution in [0.15, 0.2) is 46.8 Å². The maximum Gasteiger partial charge on any atom is 0.127 e. The zero-order valence-corrected chi connectivity index (χ0v) is 16.5. The van der Waals surface area contributed by atoms with Crippen LogP contribution in [0.2, 0.25) is 0 Å². The van der Waals surface area contributed by atoms with E-state index in [2.05, 4.69) is 4.90 Å². The van der Waals surface area contributed by atoms with Gasteiger partial charge in [0.25, 0.3) is 0 Å². The molecule has 3 unspecified atom stereocenters. The highest BCUT2D eigenvalue weighted by Crippen LogP contribution is 2.38. The van der Waals surface area contributed by atoms with Crippen molar-refractivity contribution in [1.82, 2.24) is 4.90 Å². The molecule has 3 atom stereocenters. The number of fused-ring (bicyclic) bond motifs is 1. The third kappa shape index (κ3) is 3.90. The quantitative estimate of drug-likeness (QED) is 0.759. The van der Waals surface area contributed by atoms with Crippen LogP contribution in [0.5, 0.6) is 5.75 Å². The van der Waals surface area contributed by atoms with Gasteiger partial charge in [0.1, 0.15) is 29.6 Å². The molecule has 0 bridgehead atoms. The zero-order chi connectivity index (χ0) is 20.5. The predicted octanol–water partition coefficient (Wildman–Crippen LogP) is 2.20. The van der Waals surface area contributed by atoms with Crippen molar-refractivity contribution in [1.29, 1.82) is 5.41 Å². The minimum Gasteiger partial charge on any atom is -0.497 e. The Bertz CT molecular complexity index is 911. The van der Waals surface area contributed by atoms with Gasteiger partial charge in [-0.1, -0.05) is 6.07 Å². The van der Waals surface area contributed by atoms with Gasteiger partial charge in [-0.25, -0.2) is 4.39 Å². The Hall–Kier alpha value is -2.71. The van der Waals surface area contributed by atoms with E-state index in [9.17, 15) is 4.39 Å². The molecule has 7 nitrogen and oxygen atoms in total. The first-order valence-corrected chi connectivity index (χ1v) is 9.64. The van der Waals surface area contributed by atoms with E-state index in [1.807, 2.05) is 6.92 Å². The number of benzene rings is 1. The summed E-state index contributed by atoms with van der Waals surface area (Å²) in [5.74, 6) is 0.673. The number of rotatable bonds is 3. The molecule has 1 aromatic rings. The number of hydrogen-bond acceptors (Lipinski definition) is 7. The number of aliphatic imine (C=N–C) groups is 1. The molecule has 2 aliphatic heterocycles. The van der Waals surface area contributed by atoms with Gasteiger partial charge < -0.3 is 19.9 Å². The SMILES string of the molecule is COC1=CC(=NC2c3ccc(F)cc3OCC2N2CCOC(C)C2)C(=N)C(N)=C1. The van der Waals surface area contributed by atoms with E-state index >= 15 is 0 Å². The van der Waals surface area contributed by atoms with Gasteiger partial charge in [-0.15, -0.1) is 0 Å². The van der Waals surface area contributed by atoms with Gasteiger partial charge in [0.05, 0.1) is 43.3 Å². The van der Waals surface area contributed by atoms with E-state index in [0.717, 1.165) is 18.7 Å². The van der Waals surface area contributed by atoms with Crippen LogP contribution in [0.3, 0.4) is 0 Å². The average Bonchev–Trinajstić information content (AvgIpc) is 2.71. The topological polar surface area (TPSA) is 93.2 Å². The van der Waals surface area contributed by atoms with E-state index in [1.165, 1.54) is 12.1 Å². The van der Waals surface area contributed by atoms with Crippen LogP contribution in [0.4, 0.5) is 4.39 Å². The van der Waals surface area contributed by atoms with Crippen molar-refractivity contribution in [3.05, 3.63) is 53.2 Å². The lowest BCUT2D eigenvalue weighted by atomic mass is 9.94. The number of hydrogen-bond donors (Lipinski definition) is 2. The second-order valence-electron chi connectivity index (χ2n) is 7.42. The fourth-order valence-corrected chi connectivity index (χ4v) is 3.95. The lowest BCUT2D eigenvalue weighted by Gasteiger charge is -2.42. The summed E-state index contributed by atoms with van der Waals surface area (Å²) >= 11 is 0. The highest BCUT2D eigenvalue weighted by Gasteiger charge is 2.37. The van der Waals surface area contributed by atoms with E-state index in [-0.39, 0.29) is 29.7 Å². The minimum atomic E-state index is -0.354. The molecule has 1 aliphatic carbocycles. The third-order valence-corrected chi connectivity index (χ3v) is 5.45. The van der Waals surface area contributed by atoms with Crippen LogP contribution in [0.25, 0.3) is 0 Å². The summed E-state index contributed by atoms with van der Waals surface area (Å²) < 4.78 is 30.6. The van der Waals surface area contributed by atoms with Crippen LogP contribution < -0.4 is 10.5 Å². The highest BCUT2D eigenvalue weighted by molar-refractivity contribution is 6.51. The standard InChI is InChI=1S/C21H25FN4O3/c1-12-10-26(5-6-28-12)18-11-29-19-7-13(22)3-4-15(19)21(18)25-17-9-14(27-2)8-16(23)20(17)24/h3-4,7-9,12,18,21,24H,5-6,10-11,23H2,1-2H3. The first kappa shape index (κ1) is 19.6. The van der Waals surface area contributed by atoms with E-state index in [1.54, 1.807) is 25.3 Å². The molecule has 4 rings (SSSR count). The lowest BCUT2D eigenvalue weighted by molar-refractivity contribution is -0.0476. The monoisotopic (exact) mass is 400 g/mol. The van der Waals surface area contributed by atoms with E-state index in [0.29, 0.717) is 36.1 Å². The third-order valence-electron chi connectivity index (χ3n) is 5.45. The Balaban J connectivity index is 1.76. The minimum absolute atomic E-state index is 0.0638. The smallest absolute Gasteiger partial charge is 0.127 e. The molecular formula is C21H25FN4O3. The maximum absolute atomic E-state index is 13.8. The fraction of sp³-hybridized carbons (Fsp3) is 0.429. The number of halogens is 1. The second kappa shape index (κ2) is 7.96. The van der Waals surface area contributed by atoms with Crippen LogP contribution in [-0.2, 0) is 9.47 Å². The summed E-state index contributed by atoms with van der Waals surface area (Å²) in [6.45, 7) is 4.57. The Morgan fingerprint density at radius 3 is 2.93 bits per heavy atom. The van der Waals surface area contributed by atoms with Gasteiger partial charge >= 0.3 is 0 Å². The molecule has 3 N–H and O–H groups in total. The van der Waals surface area contributed by atoms with Gasteiger partial charge in [-0.2, -0.15) is 0 Å². The molecule has 1 fully saturated rings. The van der Waals surface area contributed by atoms with Crippen molar-refractivity contribution in [2.45, 2.75) is 25.1 Å². The van der Waals surface area contributed by atoms with Gasteiger partial charge in [-0.05, 0) is 13.0 Å². The number of morpholine rings is 1. The van der Waals surface area contributed by atoms with Crippen molar-refractivity contribution < 1.29 is 18.6 Å². The predicted molar refractivity (Wildman–Crippen MR) is 108 cm³/mol. The molecule has 0 amide bonds. The summed E-state index contributed by atoms with van der Waals surface area (Å²) in [5.41, 5.74) is 7.66. The molecule has 3 aliphatic rings. The molecule has 2 heterocycles. The van der Waals surface area contributed by atoms with Gasteiger partial charge in [0.2, 0.25) is 0 Å². The Morgan fingerprint density at radius 2 is 2.17 bits per heavy atom. The number of nitrogens with zero attached hydrogens (tertiary/aromatic N) is 2. The molecular weight excluding hydrogens is 375 g/mol. The molecule has 0 spiro atoms. The van der Waals surface area contributed by atoms with E-state index in [4.69, 9.17) is 30.3 Å². The van der Waals surface area contributed by atoms with Crippen LogP contribution in [-0.4, -0.2) is 61.9 Å². The molecule has 0 aromatic heterocycles. The Morgan fingerprint density at radius 1 is 1.34 bits per heavy atom.